The molecule has 1 aromatic rings. The van der Waals surface area contributed by atoms with Crippen LogP contribution in [0.4, 0.5) is 28.9 Å². The van der Waals surface area contributed by atoms with E-state index < -0.39 is 28.2 Å². The molecule has 1 unspecified atom stereocenters. The van der Waals surface area contributed by atoms with E-state index in [1.807, 2.05) is 0 Å². The van der Waals surface area contributed by atoms with Crippen LogP contribution in [0.25, 0.3) is 0 Å². The number of hydrogen-bond acceptors (Lipinski definition) is 4. The molecule has 1 atom stereocenters. The normalized spacial score (nSPS) is 19.7. The number of alkyl halides is 3. The molecule has 0 radical (unpaired) electrons. The van der Waals surface area contributed by atoms with Crippen LogP contribution in [0, 0.1) is 15.9 Å². The predicted molar refractivity (Wildman–Crippen MR) is 65.7 cm³/mol. The number of nitro groups is 1. The average molecular weight is 308 g/mol. The highest BCUT2D eigenvalue weighted by Crippen LogP contribution is 2.38. The summed E-state index contributed by atoms with van der Waals surface area (Å²) in [6, 6.07) is 1.42. The van der Waals surface area contributed by atoms with Gasteiger partial charge in [0.1, 0.15) is 5.56 Å². The molecule has 1 heterocycles. The topological polar surface area (TPSA) is 55.6 Å². The number of halogens is 4. The summed E-state index contributed by atoms with van der Waals surface area (Å²) in [6.45, 7) is 2.58. The van der Waals surface area contributed by atoms with Gasteiger partial charge in [-0.05, 0) is 13.0 Å². The molecular weight excluding hydrogens is 296 g/mol. The number of anilines is 1. The molecule has 0 aromatic heterocycles. The van der Waals surface area contributed by atoms with E-state index in [0.717, 1.165) is 6.07 Å². The second-order valence-corrected chi connectivity index (χ2v) is 4.71. The summed E-state index contributed by atoms with van der Waals surface area (Å²) in [5.41, 5.74) is -2.85. The van der Waals surface area contributed by atoms with Crippen molar-refractivity contribution < 1.29 is 27.2 Å². The van der Waals surface area contributed by atoms with Gasteiger partial charge in [0.25, 0.3) is 0 Å². The molecule has 21 heavy (non-hydrogen) atoms. The van der Waals surface area contributed by atoms with Crippen LogP contribution in [0.2, 0.25) is 0 Å². The minimum Gasteiger partial charge on any atom is -0.375 e. The first-order valence-electron chi connectivity index (χ1n) is 6.12. The number of ether oxygens (including phenoxy) is 1. The van der Waals surface area contributed by atoms with Crippen molar-refractivity contribution in [2.45, 2.75) is 19.2 Å². The highest BCUT2D eigenvalue weighted by Gasteiger charge is 2.39. The third-order valence-corrected chi connectivity index (χ3v) is 3.15. The smallest absolute Gasteiger partial charge is 0.375 e. The second kappa shape index (κ2) is 5.47. The van der Waals surface area contributed by atoms with Crippen LogP contribution in [0.3, 0.4) is 0 Å². The Balaban J connectivity index is 2.51. The lowest BCUT2D eigenvalue weighted by Gasteiger charge is -2.33. The van der Waals surface area contributed by atoms with Crippen LogP contribution in [0.15, 0.2) is 12.1 Å². The molecule has 0 bridgehead atoms. The van der Waals surface area contributed by atoms with Gasteiger partial charge in [0.15, 0.2) is 0 Å². The highest BCUT2D eigenvalue weighted by molar-refractivity contribution is 5.57. The molecule has 1 saturated heterocycles. The zero-order valence-electron chi connectivity index (χ0n) is 11.0. The van der Waals surface area contributed by atoms with E-state index in [4.69, 9.17) is 4.74 Å². The maximum absolute atomic E-state index is 13.6. The molecule has 0 aliphatic carbocycles. The average Bonchev–Trinajstić information content (AvgIpc) is 2.37. The number of nitro benzene ring substituents is 1. The summed E-state index contributed by atoms with van der Waals surface area (Å²) in [5, 5.41) is 10.8. The van der Waals surface area contributed by atoms with Crippen molar-refractivity contribution in [1.82, 2.24) is 0 Å². The van der Waals surface area contributed by atoms with Gasteiger partial charge in [-0.15, -0.1) is 0 Å². The molecule has 0 N–H and O–H groups in total. The van der Waals surface area contributed by atoms with Crippen molar-refractivity contribution in [3.05, 3.63) is 33.6 Å². The zero-order chi connectivity index (χ0) is 15.8. The fourth-order valence-corrected chi connectivity index (χ4v) is 2.17. The van der Waals surface area contributed by atoms with Gasteiger partial charge in [0.2, 0.25) is 5.82 Å². The first-order valence-corrected chi connectivity index (χ1v) is 6.12. The lowest BCUT2D eigenvalue weighted by molar-refractivity contribution is -0.387. The Hall–Kier alpha value is -1.90. The molecule has 5 nitrogen and oxygen atoms in total. The Morgan fingerprint density at radius 1 is 1.43 bits per heavy atom. The Morgan fingerprint density at radius 2 is 2.10 bits per heavy atom. The molecule has 1 aliphatic rings. The molecule has 0 saturated carbocycles. The van der Waals surface area contributed by atoms with Gasteiger partial charge in [0, 0.05) is 24.8 Å². The largest absolute Gasteiger partial charge is 0.419 e. The van der Waals surface area contributed by atoms with Crippen LogP contribution in [-0.2, 0) is 10.9 Å². The van der Waals surface area contributed by atoms with Gasteiger partial charge in [-0.25, -0.2) is 0 Å². The number of hydrogen-bond donors (Lipinski definition) is 0. The van der Waals surface area contributed by atoms with Crippen molar-refractivity contribution in [3.63, 3.8) is 0 Å². The number of nitrogens with zero attached hydrogens (tertiary/aromatic N) is 2. The Morgan fingerprint density at radius 3 is 2.62 bits per heavy atom. The quantitative estimate of drug-likeness (QED) is 0.479. The molecular formula is C12H12F4N2O3. The number of morpholine rings is 1. The minimum atomic E-state index is -5.00. The zero-order valence-corrected chi connectivity index (χ0v) is 11.0. The minimum absolute atomic E-state index is 0.0365. The number of benzene rings is 1. The van der Waals surface area contributed by atoms with Crippen LogP contribution in [0.1, 0.15) is 12.5 Å². The van der Waals surface area contributed by atoms with E-state index in [1.54, 1.807) is 6.92 Å². The lowest BCUT2D eigenvalue weighted by atomic mass is 10.1. The van der Waals surface area contributed by atoms with E-state index in [-0.39, 0.29) is 31.5 Å². The van der Waals surface area contributed by atoms with Gasteiger partial charge in [-0.3, -0.25) is 10.1 Å². The fraction of sp³-hybridized carbons (Fsp3) is 0.500. The van der Waals surface area contributed by atoms with Crippen molar-refractivity contribution in [1.29, 1.82) is 0 Å². The molecule has 1 fully saturated rings. The lowest BCUT2D eigenvalue weighted by Crippen LogP contribution is -2.41. The van der Waals surface area contributed by atoms with Crippen molar-refractivity contribution >= 4 is 11.4 Å². The SMILES string of the molecule is CC1CN(c2cc([N+](=O)[O-])c(F)c(C(F)(F)F)c2)CCO1. The first-order chi connectivity index (χ1) is 9.70. The van der Waals surface area contributed by atoms with Crippen molar-refractivity contribution in [2.75, 3.05) is 24.6 Å². The monoisotopic (exact) mass is 308 g/mol. The van der Waals surface area contributed by atoms with Gasteiger partial charge >= 0.3 is 11.9 Å². The molecule has 1 aromatic carbocycles. The van der Waals surface area contributed by atoms with Crippen molar-refractivity contribution in [3.8, 4) is 0 Å². The van der Waals surface area contributed by atoms with Gasteiger partial charge in [0.05, 0.1) is 17.6 Å². The van der Waals surface area contributed by atoms with Gasteiger partial charge in [-0.1, -0.05) is 0 Å². The molecule has 0 spiro atoms. The molecule has 116 valence electrons. The second-order valence-electron chi connectivity index (χ2n) is 4.71. The number of rotatable bonds is 2. The fourth-order valence-electron chi connectivity index (χ4n) is 2.17. The van der Waals surface area contributed by atoms with Crippen LogP contribution < -0.4 is 4.90 Å². The first kappa shape index (κ1) is 15.5. The Labute approximate surface area is 117 Å². The van der Waals surface area contributed by atoms with Crippen LogP contribution in [0.5, 0.6) is 0 Å². The third kappa shape index (κ3) is 3.23. The summed E-state index contributed by atoms with van der Waals surface area (Å²) in [6.07, 6.45) is -5.22. The molecule has 0 amide bonds. The van der Waals surface area contributed by atoms with Gasteiger partial charge < -0.3 is 9.64 Å². The van der Waals surface area contributed by atoms with E-state index >= 15 is 0 Å². The summed E-state index contributed by atoms with van der Waals surface area (Å²) in [5.74, 6) is -1.86. The van der Waals surface area contributed by atoms with Crippen LogP contribution >= 0.6 is 0 Å². The van der Waals surface area contributed by atoms with Gasteiger partial charge in [-0.2, -0.15) is 17.6 Å². The maximum atomic E-state index is 13.6. The van der Waals surface area contributed by atoms with E-state index in [0.29, 0.717) is 6.07 Å². The highest BCUT2D eigenvalue weighted by atomic mass is 19.4. The standard InChI is InChI=1S/C12H12F4N2O3/c1-7-6-17(2-3-21-7)8-4-9(12(14,15)16)11(13)10(5-8)18(19)20/h4-5,7H,2-3,6H2,1H3. The maximum Gasteiger partial charge on any atom is 0.419 e. The molecule has 2 rings (SSSR count). The molecule has 9 heteroatoms. The van der Waals surface area contributed by atoms with E-state index in [1.165, 1.54) is 4.90 Å². The Bertz CT molecular complexity index is 562. The van der Waals surface area contributed by atoms with Crippen molar-refractivity contribution in [2.24, 2.45) is 0 Å². The summed E-state index contributed by atoms with van der Waals surface area (Å²) >= 11 is 0. The Kier molecular flexibility index (Phi) is 4.04. The molecule has 1 aliphatic heterocycles. The van der Waals surface area contributed by atoms with Crippen LogP contribution in [-0.4, -0.2) is 30.7 Å². The summed E-state index contributed by atoms with van der Waals surface area (Å²) < 4.78 is 57.3. The van der Waals surface area contributed by atoms with E-state index in [9.17, 15) is 27.7 Å². The summed E-state index contributed by atoms with van der Waals surface area (Å²) in [7, 11) is 0. The predicted octanol–water partition coefficient (Wildman–Crippen LogP) is 2.98. The van der Waals surface area contributed by atoms with E-state index in [2.05, 4.69) is 0 Å². The summed E-state index contributed by atoms with van der Waals surface area (Å²) in [4.78, 5) is 11.1. The third-order valence-electron chi connectivity index (χ3n) is 3.15.